The van der Waals surface area contributed by atoms with Gasteiger partial charge in [-0.25, -0.2) is 4.84 Å². The average Bonchev–Trinajstić information content (AvgIpc) is 3.33. The monoisotopic (exact) mass is 383 g/mol. The number of rotatable bonds is 3. The third-order valence-corrected chi connectivity index (χ3v) is 7.37. The highest BCUT2D eigenvalue weighted by molar-refractivity contribution is 5.74. The van der Waals surface area contributed by atoms with Crippen LogP contribution in [0, 0.1) is 11.8 Å². The van der Waals surface area contributed by atoms with Crippen molar-refractivity contribution in [3.63, 3.8) is 0 Å². The molecule has 3 saturated carbocycles. The van der Waals surface area contributed by atoms with Crippen molar-refractivity contribution >= 4 is 5.57 Å². The van der Waals surface area contributed by atoms with Crippen LogP contribution in [0.25, 0.3) is 5.57 Å². The number of nitrogens with zero attached hydrogens (tertiary/aromatic N) is 2. The Bertz CT molecular complexity index is 802. The molecule has 0 radical (unpaired) electrons. The number of allylic oxidation sites excluding steroid dienone is 2. The second-order valence-electron chi connectivity index (χ2n) is 9.10. The summed E-state index contributed by atoms with van der Waals surface area (Å²) in [6, 6.07) is 2.17. The molecular weight excluding hydrogens is 354 g/mol. The molecule has 6 nitrogen and oxygen atoms in total. The minimum absolute atomic E-state index is 0.0289. The molecule has 6 aliphatic rings. The zero-order chi connectivity index (χ0) is 18.6. The van der Waals surface area contributed by atoms with Crippen molar-refractivity contribution in [1.82, 2.24) is 15.5 Å². The van der Waals surface area contributed by atoms with Crippen molar-refractivity contribution in [1.29, 1.82) is 0 Å². The first-order valence-corrected chi connectivity index (χ1v) is 10.8. The van der Waals surface area contributed by atoms with Gasteiger partial charge in [-0.3, -0.25) is 10.3 Å². The van der Waals surface area contributed by atoms with Gasteiger partial charge in [0.05, 0.1) is 31.7 Å². The van der Waals surface area contributed by atoms with Gasteiger partial charge in [0.2, 0.25) is 0 Å². The first-order valence-electron chi connectivity index (χ1n) is 10.8. The number of hydrogen-bond donors (Lipinski definition) is 1. The van der Waals surface area contributed by atoms with Crippen LogP contribution in [0.2, 0.25) is 0 Å². The lowest BCUT2D eigenvalue weighted by atomic mass is 9.61. The number of morpholine rings is 1. The van der Waals surface area contributed by atoms with Crippen LogP contribution in [0.4, 0.5) is 0 Å². The summed E-state index contributed by atoms with van der Waals surface area (Å²) >= 11 is 0. The maximum atomic E-state index is 6.49. The Kier molecular flexibility index (Phi) is 4.07. The number of furan rings is 1. The van der Waals surface area contributed by atoms with Crippen molar-refractivity contribution in [2.24, 2.45) is 11.8 Å². The predicted octanol–water partition coefficient (Wildman–Crippen LogP) is 3.44. The van der Waals surface area contributed by atoms with Crippen LogP contribution in [0.1, 0.15) is 49.8 Å². The van der Waals surface area contributed by atoms with E-state index in [0.29, 0.717) is 5.92 Å². The molecule has 1 aromatic heterocycles. The molecule has 3 aliphatic heterocycles. The van der Waals surface area contributed by atoms with Crippen LogP contribution in [0.3, 0.4) is 0 Å². The van der Waals surface area contributed by atoms with E-state index < -0.39 is 0 Å². The smallest absolute Gasteiger partial charge is 0.118 e. The lowest BCUT2D eigenvalue weighted by molar-refractivity contribution is -0.247. The second kappa shape index (κ2) is 6.65. The molecule has 7 rings (SSSR count). The fourth-order valence-corrected chi connectivity index (χ4v) is 5.86. The van der Waals surface area contributed by atoms with Gasteiger partial charge in [0.15, 0.2) is 0 Å². The Balaban J connectivity index is 1.17. The fourth-order valence-electron chi connectivity index (χ4n) is 5.86. The van der Waals surface area contributed by atoms with E-state index in [0.717, 1.165) is 56.5 Å². The second-order valence-corrected chi connectivity index (χ2v) is 9.10. The highest BCUT2D eigenvalue weighted by Crippen LogP contribution is 2.55. The number of hydrazine groups is 1. The summed E-state index contributed by atoms with van der Waals surface area (Å²) in [4.78, 5) is 8.87. The lowest BCUT2D eigenvalue weighted by Crippen LogP contribution is -2.48. The molecule has 1 aromatic rings. The van der Waals surface area contributed by atoms with Crippen LogP contribution >= 0.6 is 0 Å². The summed E-state index contributed by atoms with van der Waals surface area (Å²) in [5, 5.41) is 1.92. The molecule has 6 heteroatoms. The third-order valence-electron chi connectivity index (χ3n) is 7.37. The molecular formula is C22H29N3O3. The molecule has 5 fully saturated rings. The van der Waals surface area contributed by atoms with Gasteiger partial charge in [-0.2, -0.15) is 5.17 Å². The van der Waals surface area contributed by atoms with E-state index in [1.807, 2.05) is 17.6 Å². The van der Waals surface area contributed by atoms with E-state index in [-0.39, 0.29) is 5.60 Å². The maximum Gasteiger partial charge on any atom is 0.118 e. The van der Waals surface area contributed by atoms with Gasteiger partial charge in [-0.15, -0.1) is 0 Å². The van der Waals surface area contributed by atoms with Crippen LogP contribution in [0.5, 0.6) is 0 Å². The third kappa shape index (κ3) is 2.90. The molecule has 0 amide bonds. The Labute approximate surface area is 166 Å². The molecule has 1 spiro atoms. The van der Waals surface area contributed by atoms with Crippen LogP contribution in [0.15, 0.2) is 34.7 Å². The first-order chi connectivity index (χ1) is 13.8. The number of fused-ring (bicyclic) bond motifs is 3. The summed E-state index contributed by atoms with van der Waals surface area (Å²) in [5.74, 6) is 2.58. The van der Waals surface area contributed by atoms with Gasteiger partial charge in [-0.05, 0) is 56.1 Å². The van der Waals surface area contributed by atoms with Crippen molar-refractivity contribution < 1.29 is 14.0 Å². The molecule has 150 valence electrons. The normalized spacial score (nSPS) is 34.9. The van der Waals surface area contributed by atoms with E-state index in [1.165, 1.54) is 43.4 Å². The molecule has 1 atom stereocenters. The minimum atomic E-state index is 0.0289. The molecule has 2 bridgehead atoms. The van der Waals surface area contributed by atoms with Gasteiger partial charge in [-0.1, -0.05) is 0 Å². The lowest BCUT2D eigenvalue weighted by Gasteiger charge is -2.48. The highest BCUT2D eigenvalue weighted by atomic mass is 16.7. The summed E-state index contributed by atoms with van der Waals surface area (Å²) < 4.78 is 11.3. The summed E-state index contributed by atoms with van der Waals surface area (Å²) in [7, 11) is 0. The zero-order valence-electron chi connectivity index (χ0n) is 16.4. The van der Waals surface area contributed by atoms with Crippen LogP contribution in [-0.2, 0) is 16.1 Å². The summed E-state index contributed by atoms with van der Waals surface area (Å²) in [6.07, 6.45) is 13.9. The van der Waals surface area contributed by atoms with Gasteiger partial charge >= 0.3 is 0 Å². The topological polar surface area (TPSA) is 50.1 Å². The van der Waals surface area contributed by atoms with Crippen molar-refractivity contribution in [2.75, 3.05) is 26.3 Å². The fraction of sp³-hybridized carbons (Fsp3) is 0.636. The van der Waals surface area contributed by atoms with E-state index in [2.05, 4.69) is 22.5 Å². The molecule has 3 aliphatic carbocycles. The van der Waals surface area contributed by atoms with Crippen LogP contribution < -0.4 is 5.43 Å². The Morgan fingerprint density at radius 3 is 2.79 bits per heavy atom. The largest absolute Gasteiger partial charge is 0.467 e. The number of hydrogen-bond acceptors (Lipinski definition) is 6. The van der Waals surface area contributed by atoms with Crippen LogP contribution in [-0.4, -0.2) is 42.0 Å². The zero-order valence-corrected chi connectivity index (χ0v) is 16.4. The molecule has 1 N–H and O–H groups in total. The van der Waals surface area contributed by atoms with E-state index in [1.54, 1.807) is 0 Å². The van der Waals surface area contributed by atoms with E-state index in [4.69, 9.17) is 14.0 Å². The van der Waals surface area contributed by atoms with Crippen molar-refractivity contribution in [2.45, 2.75) is 50.7 Å². The molecule has 4 heterocycles. The molecule has 0 aromatic carbocycles. The average molecular weight is 383 g/mol. The number of ether oxygens (including phenoxy) is 1. The first kappa shape index (κ1) is 17.1. The van der Waals surface area contributed by atoms with Gasteiger partial charge in [0, 0.05) is 36.8 Å². The Morgan fingerprint density at radius 2 is 2.00 bits per heavy atom. The van der Waals surface area contributed by atoms with Gasteiger partial charge < -0.3 is 9.15 Å². The van der Waals surface area contributed by atoms with E-state index >= 15 is 0 Å². The van der Waals surface area contributed by atoms with Gasteiger partial charge in [0.25, 0.3) is 0 Å². The molecule has 2 saturated heterocycles. The predicted molar refractivity (Wildman–Crippen MR) is 104 cm³/mol. The van der Waals surface area contributed by atoms with Crippen molar-refractivity contribution in [3.05, 3.63) is 41.6 Å². The Morgan fingerprint density at radius 1 is 1.14 bits per heavy atom. The SMILES string of the molecule is C1=C(c2coc(CN3CCOCC3)c2)C=C2C[C@@]3(CC4CCC3CC4)ON2N1. The van der Waals surface area contributed by atoms with Crippen molar-refractivity contribution in [3.8, 4) is 0 Å². The maximum absolute atomic E-state index is 6.49. The minimum Gasteiger partial charge on any atom is -0.467 e. The van der Waals surface area contributed by atoms with Gasteiger partial charge in [0.1, 0.15) is 11.4 Å². The highest BCUT2D eigenvalue weighted by Gasteiger charge is 2.54. The Hall–Kier alpha value is -1.76. The quantitative estimate of drug-likeness (QED) is 0.863. The molecule has 28 heavy (non-hydrogen) atoms. The standard InChI is InChI=1S/C22H29N3O3/c1-3-19-4-2-16(1)11-22(19)12-20-9-17(13-23-25(20)28-22)18-10-21(27-15-18)14-24-5-7-26-8-6-24/h9-10,13,15-16,19,23H,1-8,11-12,14H2/t16?,19?,22-/m1/s1. The number of hydroxylamine groups is 1. The molecule has 0 unspecified atom stereocenters. The number of nitrogens with one attached hydrogen (secondary N) is 1. The summed E-state index contributed by atoms with van der Waals surface area (Å²) in [5.41, 5.74) is 6.95. The summed E-state index contributed by atoms with van der Waals surface area (Å²) in [6.45, 7) is 4.42. The van der Waals surface area contributed by atoms with E-state index in [9.17, 15) is 0 Å².